The van der Waals surface area contributed by atoms with Crippen LogP contribution in [-0.4, -0.2) is 13.3 Å². The fraction of sp³-hybridized carbons (Fsp3) is 0.250. The van der Waals surface area contributed by atoms with Crippen molar-refractivity contribution in [3.63, 3.8) is 0 Å². The number of nitro benzene ring substituents is 1. The van der Waals surface area contributed by atoms with Gasteiger partial charge in [-0.1, -0.05) is 24.3 Å². The lowest BCUT2D eigenvalue weighted by molar-refractivity contribution is -0.385. The highest BCUT2D eigenvalue weighted by atomic mass is 32.2. The fourth-order valence-corrected chi connectivity index (χ4v) is 3.62. The van der Waals surface area contributed by atoms with Gasteiger partial charge >= 0.3 is 0 Å². The number of hydrogen-bond donors (Lipinski definition) is 2. The number of nitrogens with two attached hydrogens (primary N) is 1. The van der Waals surface area contributed by atoms with E-state index in [9.17, 15) is 18.5 Å². The van der Waals surface area contributed by atoms with Gasteiger partial charge in [0.05, 0.1) is 15.9 Å². The first-order valence-electron chi connectivity index (χ1n) is 7.51. The first-order valence-corrected chi connectivity index (χ1v) is 9.06. The molecule has 0 bridgehead atoms. The van der Waals surface area contributed by atoms with Crippen LogP contribution >= 0.6 is 0 Å². The molecule has 7 nitrogen and oxygen atoms in total. The second-order valence-corrected chi connectivity index (χ2v) is 7.37. The number of non-ortho nitro benzene ring substituents is 1. The van der Waals surface area contributed by atoms with Crippen LogP contribution in [0.4, 0.5) is 11.4 Å². The Hall–Kier alpha value is -2.45. The summed E-state index contributed by atoms with van der Waals surface area (Å²) in [6, 6.07) is 11.6. The molecule has 2 aromatic rings. The highest BCUT2D eigenvalue weighted by molar-refractivity contribution is 7.89. The van der Waals surface area contributed by atoms with E-state index in [1.165, 1.54) is 17.7 Å². The molecule has 0 saturated heterocycles. The van der Waals surface area contributed by atoms with Crippen LogP contribution in [-0.2, 0) is 16.4 Å². The van der Waals surface area contributed by atoms with Crippen LogP contribution in [0.2, 0.25) is 0 Å². The van der Waals surface area contributed by atoms with E-state index in [1.54, 1.807) is 0 Å². The normalized spacial score (nSPS) is 17.1. The summed E-state index contributed by atoms with van der Waals surface area (Å²) in [6.45, 7) is 0. The van der Waals surface area contributed by atoms with Gasteiger partial charge in [0, 0.05) is 17.8 Å². The minimum atomic E-state index is -4.03. The monoisotopic (exact) mass is 347 g/mol. The number of primary sulfonamides is 1. The molecule has 1 aliphatic rings. The topological polar surface area (TPSA) is 115 Å². The van der Waals surface area contributed by atoms with Gasteiger partial charge in [0.1, 0.15) is 0 Å². The molecular formula is C16H17N3O4S. The van der Waals surface area contributed by atoms with Gasteiger partial charge in [0.25, 0.3) is 5.69 Å². The molecule has 8 heteroatoms. The maximum absolute atomic E-state index is 11.6. The molecule has 0 aliphatic heterocycles. The molecule has 0 unspecified atom stereocenters. The molecule has 1 atom stereocenters. The van der Waals surface area contributed by atoms with Crippen LogP contribution in [0.25, 0.3) is 0 Å². The largest absolute Gasteiger partial charge is 0.378 e. The molecule has 0 spiro atoms. The summed E-state index contributed by atoms with van der Waals surface area (Å²) in [7, 11) is -4.03. The molecular weight excluding hydrogens is 330 g/mol. The van der Waals surface area contributed by atoms with E-state index in [2.05, 4.69) is 11.4 Å². The minimum absolute atomic E-state index is 0.0229. The first-order chi connectivity index (χ1) is 11.3. The third kappa shape index (κ3) is 3.39. The number of nitro groups is 1. The Labute approximate surface area is 139 Å². The summed E-state index contributed by atoms with van der Waals surface area (Å²) in [5, 5.41) is 19.4. The highest BCUT2D eigenvalue weighted by Crippen LogP contribution is 2.34. The lowest BCUT2D eigenvalue weighted by Crippen LogP contribution is -2.18. The van der Waals surface area contributed by atoms with Gasteiger partial charge in [0.15, 0.2) is 0 Å². The van der Waals surface area contributed by atoms with Gasteiger partial charge in [0.2, 0.25) is 10.0 Å². The quantitative estimate of drug-likeness (QED) is 0.652. The van der Waals surface area contributed by atoms with Crippen molar-refractivity contribution in [1.82, 2.24) is 0 Å². The van der Waals surface area contributed by atoms with Gasteiger partial charge < -0.3 is 5.32 Å². The highest BCUT2D eigenvalue weighted by Gasteiger charge is 2.22. The molecule has 0 radical (unpaired) electrons. The number of benzene rings is 2. The van der Waals surface area contributed by atoms with E-state index < -0.39 is 14.9 Å². The zero-order valence-corrected chi connectivity index (χ0v) is 13.6. The Morgan fingerprint density at radius 1 is 1.21 bits per heavy atom. The maximum atomic E-state index is 11.6. The van der Waals surface area contributed by atoms with Crippen LogP contribution < -0.4 is 10.5 Å². The van der Waals surface area contributed by atoms with Gasteiger partial charge in [-0.3, -0.25) is 10.1 Å². The maximum Gasteiger partial charge on any atom is 0.272 e. The van der Waals surface area contributed by atoms with Gasteiger partial charge in [-0.2, -0.15) is 0 Å². The van der Waals surface area contributed by atoms with E-state index in [1.807, 2.05) is 18.2 Å². The second-order valence-electron chi connectivity index (χ2n) is 5.81. The SMILES string of the molecule is NS(=O)(=O)c1cc(N[C@H]2CCCc3ccccc32)cc([N+](=O)[O-])c1. The molecule has 0 heterocycles. The van der Waals surface area contributed by atoms with E-state index >= 15 is 0 Å². The number of aryl methyl sites for hydroxylation is 1. The van der Waals surface area contributed by atoms with Crippen molar-refractivity contribution in [3.8, 4) is 0 Å². The summed E-state index contributed by atoms with van der Waals surface area (Å²) >= 11 is 0. The van der Waals surface area contributed by atoms with E-state index in [0.29, 0.717) is 5.69 Å². The fourth-order valence-electron chi connectivity index (χ4n) is 3.04. The zero-order chi connectivity index (χ0) is 17.3. The molecule has 2 aromatic carbocycles. The lowest BCUT2D eigenvalue weighted by atomic mass is 9.87. The summed E-state index contributed by atoms with van der Waals surface area (Å²) in [4.78, 5) is 10.2. The summed E-state index contributed by atoms with van der Waals surface area (Å²) in [5.41, 5.74) is 2.42. The minimum Gasteiger partial charge on any atom is -0.378 e. The standard InChI is InChI=1S/C16H17N3O4S/c17-24(22,23)14-9-12(8-13(10-14)19(20)21)18-16-7-3-5-11-4-1-2-6-15(11)16/h1-2,4,6,8-10,16,18H,3,5,7H2,(H2,17,22,23)/t16-/m0/s1. The van der Waals surface area contributed by atoms with Crippen molar-refractivity contribution in [1.29, 1.82) is 0 Å². The van der Waals surface area contributed by atoms with Crippen LogP contribution in [0.1, 0.15) is 30.0 Å². The Morgan fingerprint density at radius 2 is 1.96 bits per heavy atom. The number of sulfonamides is 1. The number of anilines is 1. The lowest BCUT2D eigenvalue weighted by Gasteiger charge is -2.27. The van der Waals surface area contributed by atoms with Crippen LogP contribution in [0.3, 0.4) is 0 Å². The molecule has 3 rings (SSSR count). The summed E-state index contributed by atoms with van der Waals surface area (Å²) in [6.07, 6.45) is 2.85. The summed E-state index contributed by atoms with van der Waals surface area (Å²) in [5.74, 6) is 0. The molecule has 1 aliphatic carbocycles. The average molecular weight is 347 g/mol. The Kier molecular flexibility index (Phi) is 4.25. The predicted molar refractivity (Wildman–Crippen MR) is 90.2 cm³/mol. The van der Waals surface area contributed by atoms with Gasteiger partial charge in [-0.15, -0.1) is 0 Å². The third-order valence-electron chi connectivity index (χ3n) is 4.14. The average Bonchev–Trinajstić information content (AvgIpc) is 2.54. The Bertz CT molecular complexity index is 896. The summed E-state index contributed by atoms with van der Waals surface area (Å²) < 4.78 is 23.2. The van der Waals surface area contributed by atoms with E-state index in [0.717, 1.165) is 30.9 Å². The number of nitrogens with zero attached hydrogens (tertiary/aromatic N) is 1. The van der Waals surface area contributed by atoms with E-state index in [-0.39, 0.29) is 16.6 Å². The molecule has 0 amide bonds. The molecule has 0 saturated carbocycles. The van der Waals surface area contributed by atoms with E-state index in [4.69, 9.17) is 5.14 Å². The number of fused-ring (bicyclic) bond motifs is 1. The first kappa shape index (κ1) is 16.4. The Balaban J connectivity index is 1.99. The van der Waals surface area contributed by atoms with Crippen LogP contribution in [0, 0.1) is 10.1 Å². The second kappa shape index (κ2) is 6.21. The molecule has 24 heavy (non-hydrogen) atoms. The Morgan fingerprint density at radius 3 is 2.67 bits per heavy atom. The predicted octanol–water partition coefficient (Wildman–Crippen LogP) is 2.73. The zero-order valence-electron chi connectivity index (χ0n) is 12.8. The van der Waals surface area contributed by atoms with Crippen molar-refractivity contribution in [2.45, 2.75) is 30.2 Å². The van der Waals surface area contributed by atoms with Crippen molar-refractivity contribution >= 4 is 21.4 Å². The van der Waals surface area contributed by atoms with Crippen molar-refractivity contribution in [2.75, 3.05) is 5.32 Å². The molecule has 0 aromatic heterocycles. The third-order valence-corrected chi connectivity index (χ3v) is 5.03. The number of rotatable bonds is 4. The van der Waals surface area contributed by atoms with Crippen LogP contribution in [0.5, 0.6) is 0 Å². The smallest absolute Gasteiger partial charge is 0.272 e. The molecule has 126 valence electrons. The number of hydrogen-bond acceptors (Lipinski definition) is 5. The molecule has 0 fully saturated rings. The molecule has 3 N–H and O–H groups in total. The van der Waals surface area contributed by atoms with Crippen LogP contribution in [0.15, 0.2) is 47.4 Å². The number of nitrogens with one attached hydrogen (secondary N) is 1. The van der Waals surface area contributed by atoms with Gasteiger partial charge in [-0.05, 0) is 36.5 Å². The van der Waals surface area contributed by atoms with Crippen molar-refractivity contribution in [3.05, 3.63) is 63.7 Å². The van der Waals surface area contributed by atoms with Gasteiger partial charge in [-0.25, -0.2) is 13.6 Å². The van der Waals surface area contributed by atoms with Crippen molar-refractivity contribution < 1.29 is 13.3 Å². The van der Waals surface area contributed by atoms with Crippen molar-refractivity contribution in [2.24, 2.45) is 5.14 Å².